The Morgan fingerprint density at radius 3 is 2.26 bits per heavy atom. The predicted octanol–water partition coefficient (Wildman–Crippen LogP) is 2.73. The van der Waals surface area contributed by atoms with E-state index in [0.29, 0.717) is 50.6 Å². The van der Waals surface area contributed by atoms with Crippen LogP contribution in [0.1, 0.15) is 36.4 Å². The Labute approximate surface area is 200 Å². The lowest BCUT2D eigenvalue weighted by Gasteiger charge is -2.35. The van der Waals surface area contributed by atoms with Crippen molar-refractivity contribution in [2.24, 2.45) is 0 Å². The summed E-state index contributed by atoms with van der Waals surface area (Å²) in [5, 5.41) is 3.02. The van der Waals surface area contributed by atoms with Gasteiger partial charge in [0, 0.05) is 39.1 Å². The Bertz CT molecular complexity index is 1050. The Balaban J connectivity index is 1.31. The normalized spacial score (nSPS) is 18.6. The number of hydrogen-bond donors (Lipinski definition) is 1. The summed E-state index contributed by atoms with van der Waals surface area (Å²) in [6, 6.07) is 13.2. The maximum atomic E-state index is 13.4. The quantitative estimate of drug-likeness (QED) is 0.586. The van der Waals surface area contributed by atoms with Gasteiger partial charge in [-0.1, -0.05) is 24.3 Å². The summed E-state index contributed by atoms with van der Waals surface area (Å²) in [7, 11) is -3.43. The summed E-state index contributed by atoms with van der Waals surface area (Å²) in [5.74, 6) is -0.359. The van der Waals surface area contributed by atoms with Crippen LogP contribution in [-0.2, 0) is 26.0 Å². The Morgan fingerprint density at radius 2 is 1.62 bits per heavy atom. The molecule has 9 heteroatoms. The predicted molar refractivity (Wildman–Crippen MR) is 127 cm³/mol. The van der Waals surface area contributed by atoms with Gasteiger partial charge in [-0.25, -0.2) is 12.8 Å². The highest BCUT2D eigenvalue weighted by Crippen LogP contribution is 2.23. The molecule has 184 valence electrons. The van der Waals surface area contributed by atoms with E-state index in [2.05, 4.69) is 10.2 Å². The fraction of sp³-hybridized carbons (Fsp3) is 0.480. The van der Waals surface area contributed by atoms with Crippen molar-refractivity contribution in [1.82, 2.24) is 14.5 Å². The van der Waals surface area contributed by atoms with Gasteiger partial charge in [0.25, 0.3) is 0 Å². The molecule has 1 N–H and O–H groups in total. The number of sulfonamides is 1. The Morgan fingerprint density at radius 1 is 0.971 bits per heavy atom. The lowest BCUT2D eigenvalue weighted by atomic mass is 10.0. The molecule has 34 heavy (non-hydrogen) atoms. The fourth-order valence-corrected chi connectivity index (χ4v) is 6.01. The molecule has 0 aliphatic carbocycles. The summed E-state index contributed by atoms with van der Waals surface area (Å²) in [6.45, 7) is 4.36. The first kappa shape index (κ1) is 24.8. The molecular weight excluding hydrogens is 457 g/mol. The maximum absolute atomic E-state index is 13.4. The van der Waals surface area contributed by atoms with Gasteiger partial charge in [-0.15, -0.1) is 0 Å². The molecule has 2 heterocycles. The van der Waals surface area contributed by atoms with Crippen LogP contribution in [-0.4, -0.2) is 69.5 Å². The van der Waals surface area contributed by atoms with Gasteiger partial charge in [-0.2, -0.15) is 4.31 Å². The van der Waals surface area contributed by atoms with Crippen LogP contribution in [0, 0.1) is 5.82 Å². The van der Waals surface area contributed by atoms with Crippen LogP contribution in [0.15, 0.2) is 53.4 Å². The molecule has 0 radical (unpaired) electrons. The summed E-state index contributed by atoms with van der Waals surface area (Å²) >= 11 is 0. The van der Waals surface area contributed by atoms with Gasteiger partial charge in [0.05, 0.1) is 24.2 Å². The molecule has 1 amide bonds. The Kier molecular flexibility index (Phi) is 8.31. The van der Waals surface area contributed by atoms with Crippen molar-refractivity contribution in [2.75, 3.05) is 45.9 Å². The summed E-state index contributed by atoms with van der Waals surface area (Å²) < 4.78 is 45.7. The molecule has 0 saturated carbocycles. The fourth-order valence-electron chi connectivity index (χ4n) is 4.49. The standard InChI is InChI=1S/C25H32FN3O4S/c26-22-8-6-21(7-9-22)24(28-15-17-33-18-16-28)19-27-25(30)12-5-20-3-10-23(11-4-20)34(31,32)29-13-1-2-14-29/h3-4,6-11,24H,1-2,5,12-19H2,(H,27,30)/t24-/m0/s1. The van der Waals surface area contributed by atoms with Crippen molar-refractivity contribution >= 4 is 15.9 Å². The second-order valence-corrected chi connectivity index (χ2v) is 10.7. The first-order chi connectivity index (χ1) is 16.4. The summed E-state index contributed by atoms with van der Waals surface area (Å²) in [6.07, 6.45) is 2.63. The smallest absolute Gasteiger partial charge is 0.243 e. The number of carbonyl (C=O) groups excluding carboxylic acids is 1. The number of benzene rings is 2. The van der Waals surface area contributed by atoms with Crippen LogP contribution in [0.25, 0.3) is 0 Å². The second-order valence-electron chi connectivity index (χ2n) is 8.77. The first-order valence-electron chi connectivity index (χ1n) is 11.9. The summed E-state index contributed by atoms with van der Waals surface area (Å²) in [4.78, 5) is 15.1. The average molecular weight is 490 g/mol. The molecule has 0 bridgehead atoms. The van der Waals surface area contributed by atoms with Crippen LogP contribution in [0.5, 0.6) is 0 Å². The van der Waals surface area contributed by atoms with Crippen molar-refractivity contribution in [1.29, 1.82) is 0 Å². The van der Waals surface area contributed by atoms with Crippen LogP contribution < -0.4 is 5.32 Å². The highest BCUT2D eigenvalue weighted by atomic mass is 32.2. The van der Waals surface area contributed by atoms with Crippen molar-refractivity contribution < 1.29 is 22.3 Å². The van der Waals surface area contributed by atoms with Crippen LogP contribution in [0.2, 0.25) is 0 Å². The third-order valence-corrected chi connectivity index (χ3v) is 8.41. The largest absolute Gasteiger partial charge is 0.379 e. The number of ether oxygens (including phenoxy) is 1. The minimum Gasteiger partial charge on any atom is -0.379 e. The molecule has 2 aromatic carbocycles. The number of aryl methyl sites for hydroxylation is 1. The van der Waals surface area contributed by atoms with Crippen molar-refractivity contribution in [3.05, 3.63) is 65.5 Å². The molecule has 1 atom stereocenters. The highest BCUT2D eigenvalue weighted by molar-refractivity contribution is 7.89. The topological polar surface area (TPSA) is 79.0 Å². The molecule has 2 saturated heterocycles. The van der Waals surface area contributed by atoms with Gasteiger partial charge in [0.2, 0.25) is 15.9 Å². The van der Waals surface area contributed by atoms with E-state index in [9.17, 15) is 17.6 Å². The van der Waals surface area contributed by atoms with Gasteiger partial charge in [0.15, 0.2) is 0 Å². The van der Waals surface area contributed by atoms with E-state index in [0.717, 1.165) is 37.1 Å². The number of rotatable bonds is 9. The number of amides is 1. The van der Waals surface area contributed by atoms with Crippen LogP contribution in [0.3, 0.4) is 0 Å². The summed E-state index contributed by atoms with van der Waals surface area (Å²) in [5.41, 5.74) is 1.87. The highest BCUT2D eigenvalue weighted by Gasteiger charge is 2.27. The third-order valence-electron chi connectivity index (χ3n) is 6.50. The van der Waals surface area contributed by atoms with Crippen LogP contribution in [0.4, 0.5) is 4.39 Å². The molecule has 0 aromatic heterocycles. The number of hydrogen-bond acceptors (Lipinski definition) is 5. The molecular formula is C25H32FN3O4S. The number of nitrogens with one attached hydrogen (secondary N) is 1. The molecule has 4 rings (SSSR count). The van der Waals surface area contributed by atoms with Crippen molar-refractivity contribution in [3.8, 4) is 0 Å². The molecule has 0 spiro atoms. The van der Waals surface area contributed by atoms with Gasteiger partial charge >= 0.3 is 0 Å². The first-order valence-corrected chi connectivity index (χ1v) is 13.3. The van der Waals surface area contributed by atoms with E-state index in [-0.39, 0.29) is 17.8 Å². The average Bonchev–Trinajstić information content (AvgIpc) is 3.41. The maximum Gasteiger partial charge on any atom is 0.243 e. The molecule has 2 aliphatic heterocycles. The van der Waals surface area contributed by atoms with Gasteiger partial charge in [-0.3, -0.25) is 9.69 Å². The molecule has 0 unspecified atom stereocenters. The zero-order chi connectivity index (χ0) is 24.0. The molecule has 2 fully saturated rings. The molecule has 2 aromatic rings. The second kappa shape index (κ2) is 11.4. The van der Waals surface area contributed by atoms with E-state index < -0.39 is 10.0 Å². The lowest BCUT2D eigenvalue weighted by Crippen LogP contribution is -2.43. The number of halogens is 1. The van der Waals surface area contributed by atoms with E-state index in [1.165, 1.54) is 16.4 Å². The van der Waals surface area contributed by atoms with E-state index in [4.69, 9.17) is 4.74 Å². The lowest BCUT2D eigenvalue weighted by molar-refractivity contribution is -0.121. The molecule has 7 nitrogen and oxygen atoms in total. The van der Waals surface area contributed by atoms with E-state index >= 15 is 0 Å². The van der Waals surface area contributed by atoms with Crippen LogP contribution >= 0.6 is 0 Å². The van der Waals surface area contributed by atoms with E-state index in [1.807, 2.05) is 0 Å². The molecule has 2 aliphatic rings. The van der Waals surface area contributed by atoms with Crippen molar-refractivity contribution in [2.45, 2.75) is 36.6 Å². The minimum atomic E-state index is -3.43. The van der Waals surface area contributed by atoms with Gasteiger partial charge < -0.3 is 10.1 Å². The van der Waals surface area contributed by atoms with Gasteiger partial charge in [-0.05, 0) is 54.7 Å². The van der Waals surface area contributed by atoms with E-state index in [1.54, 1.807) is 36.4 Å². The Hall–Kier alpha value is -2.33. The number of morpholine rings is 1. The minimum absolute atomic E-state index is 0.0523. The van der Waals surface area contributed by atoms with Gasteiger partial charge in [0.1, 0.15) is 5.82 Å². The SMILES string of the molecule is O=C(CCc1ccc(S(=O)(=O)N2CCCC2)cc1)NC[C@@H](c1ccc(F)cc1)N1CCOCC1. The monoisotopic (exact) mass is 489 g/mol. The zero-order valence-electron chi connectivity index (χ0n) is 19.3. The number of nitrogens with zero attached hydrogens (tertiary/aromatic N) is 2. The zero-order valence-corrected chi connectivity index (χ0v) is 20.1. The van der Waals surface area contributed by atoms with Crippen molar-refractivity contribution in [3.63, 3.8) is 0 Å². The number of carbonyl (C=O) groups is 1. The third kappa shape index (κ3) is 6.21.